The van der Waals surface area contributed by atoms with E-state index in [1.165, 1.54) is 6.20 Å². The van der Waals surface area contributed by atoms with E-state index in [-0.39, 0.29) is 17.1 Å². The lowest BCUT2D eigenvalue weighted by atomic mass is 10.0. The molecular weight excluding hydrogens is 400 g/mol. The minimum absolute atomic E-state index is 0.106. The third-order valence-electron chi connectivity index (χ3n) is 3.58. The molecule has 0 aliphatic carbocycles. The van der Waals surface area contributed by atoms with Gasteiger partial charge in [-0.2, -0.15) is 10.5 Å². The summed E-state index contributed by atoms with van der Waals surface area (Å²) in [5.74, 6) is 0.835. The van der Waals surface area contributed by atoms with Crippen molar-refractivity contribution >= 4 is 27.2 Å². The van der Waals surface area contributed by atoms with Crippen molar-refractivity contribution in [3.63, 3.8) is 0 Å². The number of H-pyrrole nitrogens is 1. The molecule has 0 aliphatic rings. The summed E-state index contributed by atoms with van der Waals surface area (Å²) < 4.78 is 6.18. The summed E-state index contributed by atoms with van der Waals surface area (Å²) in [5.41, 5.74) is 2.03. The van der Waals surface area contributed by atoms with Gasteiger partial charge in [-0.25, -0.2) is 0 Å². The van der Waals surface area contributed by atoms with Crippen molar-refractivity contribution in [2.75, 3.05) is 12.4 Å². The fourth-order valence-corrected chi connectivity index (χ4v) is 2.83. The quantitative estimate of drug-likeness (QED) is 0.549. The zero-order valence-corrected chi connectivity index (χ0v) is 15.1. The molecule has 2 aromatic carbocycles. The van der Waals surface area contributed by atoms with E-state index in [0.717, 1.165) is 4.47 Å². The molecule has 130 valence electrons. The number of phenols is 1. The van der Waals surface area contributed by atoms with Crippen LogP contribution in [0.1, 0.15) is 5.82 Å². The Kier molecular flexibility index (Phi) is 5.15. The lowest BCUT2D eigenvalue weighted by Crippen LogP contribution is -1.99. The standard InChI is InChI=1S/C17H13BrN6O2/c1-26-14-7-6-12(18)16(15(14)11-4-2-3-5-13(11)25)20-9-10(8-19)17-21-23-24-22-17/h2-7,9,20,25H,1H3,(H,21,22,23,24). The van der Waals surface area contributed by atoms with Crippen LogP contribution in [0.25, 0.3) is 16.7 Å². The van der Waals surface area contributed by atoms with Crippen molar-refractivity contribution in [3.05, 3.63) is 52.9 Å². The Morgan fingerprint density at radius 3 is 2.81 bits per heavy atom. The van der Waals surface area contributed by atoms with E-state index in [2.05, 4.69) is 41.9 Å². The van der Waals surface area contributed by atoms with Gasteiger partial charge in [-0.15, -0.1) is 10.2 Å². The first-order chi connectivity index (χ1) is 12.7. The molecule has 3 rings (SSSR count). The number of para-hydroxylation sites is 1. The Morgan fingerprint density at radius 1 is 1.35 bits per heavy atom. The number of rotatable bonds is 5. The number of hydrogen-bond donors (Lipinski definition) is 3. The fourth-order valence-electron chi connectivity index (χ4n) is 2.39. The lowest BCUT2D eigenvalue weighted by Gasteiger charge is -2.17. The van der Waals surface area contributed by atoms with Gasteiger partial charge in [0.15, 0.2) is 0 Å². The second-order valence-corrected chi connectivity index (χ2v) is 5.92. The molecule has 0 radical (unpaired) electrons. The lowest BCUT2D eigenvalue weighted by molar-refractivity contribution is 0.416. The molecule has 0 amide bonds. The molecule has 9 heteroatoms. The van der Waals surface area contributed by atoms with E-state index >= 15 is 0 Å². The number of aromatic amines is 1. The zero-order chi connectivity index (χ0) is 18.5. The second kappa shape index (κ2) is 7.67. The summed E-state index contributed by atoms with van der Waals surface area (Å²) in [4.78, 5) is 0. The number of halogens is 1. The van der Waals surface area contributed by atoms with Crippen molar-refractivity contribution < 1.29 is 9.84 Å². The number of nitriles is 1. The minimum Gasteiger partial charge on any atom is -0.507 e. The molecule has 0 spiro atoms. The highest BCUT2D eigenvalue weighted by molar-refractivity contribution is 9.10. The molecule has 3 N–H and O–H groups in total. The Bertz CT molecular complexity index is 995. The van der Waals surface area contributed by atoms with Gasteiger partial charge in [0.05, 0.1) is 18.4 Å². The molecule has 0 aliphatic heterocycles. The average Bonchev–Trinajstić information content (AvgIpc) is 3.18. The van der Waals surface area contributed by atoms with E-state index < -0.39 is 0 Å². The van der Waals surface area contributed by atoms with Crippen molar-refractivity contribution in [2.45, 2.75) is 0 Å². The van der Waals surface area contributed by atoms with Gasteiger partial charge < -0.3 is 15.2 Å². The van der Waals surface area contributed by atoms with E-state index in [1.54, 1.807) is 37.4 Å². The van der Waals surface area contributed by atoms with Crippen LogP contribution in [0.15, 0.2) is 47.1 Å². The number of nitrogens with zero attached hydrogens (tertiary/aromatic N) is 4. The predicted octanol–water partition coefficient (Wildman–Crippen LogP) is 3.32. The van der Waals surface area contributed by atoms with Crippen LogP contribution in [0.3, 0.4) is 0 Å². The summed E-state index contributed by atoms with van der Waals surface area (Å²) in [5, 5.41) is 36.0. The molecule has 0 bridgehead atoms. The maximum absolute atomic E-state index is 10.3. The Balaban J connectivity index is 2.13. The highest BCUT2D eigenvalue weighted by atomic mass is 79.9. The van der Waals surface area contributed by atoms with Gasteiger partial charge in [0.25, 0.3) is 0 Å². The molecule has 0 saturated heterocycles. The Labute approximate surface area is 157 Å². The smallest absolute Gasteiger partial charge is 0.216 e. The predicted molar refractivity (Wildman–Crippen MR) is 99.2 cm³/mol. The number of anilines is 1. The molecule has 1 aromatic heterocycles. The molecule has 1 heterocycles. The van der Waals surface area contributed by atoms with Gasteiger partial charge >= 0.3 is 0 Å². The molecule has 3 aromatic rings. The van der Waals surface area contributed by atoms with E-state index in [9.17, 15) is 10.4 Å². The number of methoxy groups -OCH3 is 1. The molecule has 8 nitrogen and oxygen atoms in total. The number of aromatic hydroxyl groups is 1. The highest BCUT2D eigenvalue weighted by Crippen LogP contribution is 2.44. The number of tetrazole rings is 1. The number of allylic oxidation sites excluding steroid dienone is 1. The summed E-state index contributed by atoms with van der Waals surface area (Å²) >= 11 is 3.49. The minimum atomic E-state index is 0.106. The summed E-state index contributed by atoms with van der Waals surface area (Å²) in [6.07, 6.45) is 1.47. The monoisotopic (exact) mass is 412 g/mol. The van der Waals surface area contributed by atoms with Crippen LogP contribution in [0.4, 0.5) is 5.69 Å². The SMILES string of the molecule is COc1ccc(Br)c(NC=C(C#N)c2nn[nH]n2)c1-c1ccccc1O. The molecule has 0 fully saturated rings. The number of phenolic OH excluding ortho intramolecular Hbond substituents is 1. The number of aromatic nitrogens is 4. The van der Waals surface area contributed by atoms with Crippen LogP contribution < -0.4 is 10.1 Å². The van der Waals surface area contributed by atoms with Gasteiger partial charge in [-0.1, -0.05) is 18.2 Å². The molecular formula is C17H13BrN6O2. The molecule has 0 atom stereocenters. The number of ether oxygens (including phenoxy) is 1. The van der Waals surface area contributed by atoms with E-state index in [4.69, 9.17) is 4.74 Å². The van der Waals surface area contributed by atoms with Crippen LogP contribution in [0.5, 0.6) is 11.5 Å². The summed E-state index contributed by atoms with van der Waals surface area (Å²) in [6.45, 7) is 0. The Hall–Kier alpha value is -3.38. The van der Waals surface area contributed by atoms with Crippen LogP contribution in [-0.2, 0) is 0 Å². The van der Waals surface area contributed by atoms with Gasteiger partial charge in [-0.3, -0.25) is 0 Å². The molecule has 26 heavy (non-hydrogen) atoms. The zero-order valence-electron chi connectivity index (χ0n) is 13.6. The van der Waals surface area contributed by atoms with Gasteiger partial charge in [0, 0.05) is 16.2 Å². The van der Waals surface area contributed by atoms with Gasteiger partial charge in [-0.05, 0) is 39.3 Å². The van der Waals surface area contributed by atoms with Crippen LogP contribution in [0.2, 0.25) is 0 Å². The van der Waals surface area contributed by atoms with Crippen molar-refractivity contribution in [1.29, 1.82) is 5.26 Å². The maximum atomic E-state index is 10.3. The number of hydrogen-bond acceptors (Lipinski definition) is 7. The molecule has 0 saturated carbocycles. The van der Waals surface area contributed by atoms with Gasteiger partial charge in [0.1, 0.15) is 23.1 Å². The van der Waals surface area contributed by atoms with E-state index in [0.29, 0.717) is 22.6 Å². The van der Waals surface area contributed by atoms with Gasteiger partial charge in [0.2, 0.25) is 5.82 Å². The summed E-state index contributed by atoms with van der Waals surface area (Å²) in [7, 11) is 1.55. The first-order valence-corrected chi connectivity index (χ1v) is 8.20. The summed E-state index contributed by atoms with van der Waals surface area (Å²) in [6, 6.07) is 12.5. The van der Waals surface area contributed by atoms with Crippen molar-refractivity contribution in [1.82, 2.24) is 20.6 Å². The largest absolute Gasteiger partial charge is 0.507 e. The van der Waals surface area contributed by atoms with Crippen molar-refractivity contribution in [3.8, 4) is 28.7 Å². The maximum Gasteiger partial charge on any atom is 0.216 e. The third kappa shape index (κ3) is 3.36. The number of nitrogens with one attached hydrogen (secondary N) is 2. The Morgan fingerprint density at radius 2 is 2.15 bits per heavy atom. The van der Waals surface area contributed by atoms with Crippen LogP contribution in [0, 0.1) is 11.3 Å². The first kappa shape index (κ1) is 17.4. The normalized spacial score (nSPS) is 11.0. The molecule has 0 unspecified atom stereocenters. The van der Waals surface area contributed by atoms with Crippen molar-refractivity contribution in [2.24, 2.45) is 0 Å². The van der Waals surface area contributed by atoms with Crippen LogP contribution in [-0.4, -0.2) is 32.8 Å². The first-order valence-electron chi connectivity index (χ1n) is 7.41. The number of benzene rings is 2. The topological polar surface area (TPSA) is 120 Å². The highest BCUT2D eigenvalue weighted by Gasteiger charge is 2.17. The average molecular weight is 413 g/mol. The van der Waals surface area contributed by atoms with E-state index in [1.807, 2.05) is 12.1 Å². The van der Waals surface area contributed by atoms with Crippen LogP contribution >= 0.6 is 15.9 Å². The third-order valence-corrected chi connectivity index (χ3v) is 4.24. The second-order valence-electron chi connectivity index (χ2n) is 5.07. The fraction of sp³-hybridized carbons (Fsp3) is 0.0588.